The largest absolute Gasteiger partial charge is 0.396 e. The molecule has 2 aromatic carbocycles. The molecule has 2 aliphatic rings. The lowest BCUT2D eigenvalue weighted by Crippen LogP contribution is -2.47. The number of thioether (sulfide) groups is 1. The quantitative estimate of drug-likeness (QED) is 0.0191. The Bertz CT molecular complexity index is 2770. The van der Waals surface area contributed by atoms with Crippen molar-refractivity contribution in [3.63, 3.8) is 0 Å². The number of carbonyl (C=O) groups is 8. The summed E-state index contributed by atoms with van der Waals surface area (Å²) in [7, 11) is 0. The maximum Gasteiger partial charge on any atom is 0.315 e. The normalized spacial score (nSPS) is 16.1. The van der Waals surface area contributed by atoms with Gasteiger partial charge in [0.05, 0.1) is 182 Å². The number of Topliss-reactive ketones (excluding diaryl/α,β-unsaturated/α-hetero) is 3. The topological polar surface area (TPSA) is 334 Å². The fourth-order valence-corrected chi connectivity index (χ4v) is 13.7. The molecule has 2 aromatic rings. The van der Waals surface area contributed by atoms with Crippen molar-refractivity contribution in [2.24, 2.45) is 23.7 Å². The molecule has 4 rings (SSSR count). The third-order valence-electron chi connectivity index (χ3n) is 18.4. The third kappa shape index (κ3) is 45.1. The minimum Gasteiger partial charge on any atom is -0.396 e. The molecule has 0 saturated carbocycles. The molecule has 8 atom stereocenters. The summed E-state index contributed by atoms with van der Waals surface area (Å²) in [5.74, 6) is -4.13. The Balaban J connectivity index is 0.0000202. The van der Waals surface area contributed by atoms with Crippen LogP contribution in [0.25, 0.3) is 0 Å². The number of hydrogen-bond acceptors (Lipinski definition) is 22. The first-order chi connectivity index (χ1) is 51.7. The van der Waals surface area contributed by atoms with Crippen LogP contribution < -0.4 is 31.9 Å². The maximum absolute atomic E-state index is 14.3. The Hall–Kier alpha value is -5.57. The molecule has 7 N–H and O–H groups in total. The molecular weight excluding hydrogens is 1420 g/mol. The number of nitrogens with zero attached hydrogens (tertiary/aromatic N) is 1. The lowest BCUT2D eigenvalue weighted by Gasteiger charge is -2.26. The van der Waals surface area contributed by atoms with Crippen molar-refractivity contribution in [1.29, 1.82) is 0 Å². The number of amides is 6. The second kappa shape index (κ2) is 61.0. The van der Waals surface area contributed by atoms with Crippen molar-refractivity contribution >= 4 is 58.8 Å². The number of unbranched alkanes of at least 4 members (excludes halogenated alkanes) is 2. The van der Waals surface area contributed by atoms with Crippen LogP contribution in [0.2, 0.25) is 0 Å². The first-order valence-electron chi connectivity index (χ1n) is 39.0. The van der Waals surface area contributed by atoms with E-state index in [2.05, 4.69) is 71.4 Å². The van der Waals surface area contributed by atoms with E-state index in [0.29, 0.717) is 175 Å². The van der Waals surface area contributed by atoms with Gasteiger partial charge in [-0.2, -0.15) is 11.8 Å². The molecule has 2 saturated heterocycles. The summed E-state index contributed by atoms with van der Waals surface area (Å²) < 4.78 is 61.2. The number of urea groups is 1. The highest BCUT2D eigenvalue weighted by molar-refractivity contribution is 8.00. The van der Waals surface area contributed by atoms with E-state index < -0.39 is 59.9 Å². The molecule has 2 heterocycles. The lowest BCUT2D eigenvalue weighted by atomic mass is 9.85. The number of hydrogen-bond donors (Lipinski definition) is 7. The molecule has 0 spiro atoms. The molecule has 0 radical (unpaired) electrons. The van der Waals surface area contributed by atoms with Gasteiger partial charge in [0.25, 0.3) is 0 Å². The smallest absolute Gasteiger partial charge is 0.315 e. The van der Waals surface area contributed by atoms with Gasteiger partial charge < -0.3 is 94.0 Å². The number of rotatable bonds is 67. The van der Waals surface area contributed by atoms with E-state index in [1.54, 1.807) is 19.1 Å². The van der Waals surface area contributed by atoms with Gasteiger partial charge in [-0.1, -0.05) is 124 Å². The highest BCUT2D eigenvalue weighted by atomic mass is 32.2. The zero-order valence-corrected chi connectivity index (χ0v) is 66.3. The average molecular weight is 1560 g/mol. The fraction of sp³-hybridized carbons (Fsp3) is 0.753. The number of nitrogens with one attached hydrogen (secondary N) is 6. The summed E-state index contributed by atoms with van der Waals surface area (Å²) in [5.41, 5.74) is 2.35. The summed E-state index contributed by atoms with van der Waals surface area (Å²) in [6, 6.07) is 15.2. The van der Waals surface area contributed by atoms with Crippen molar-refractivity contribution < 1.29 is 95.6 Å². The number of aliphatic hydroxyl groups is 1. The van der Waals surface area contributed by atoms with Gasteiger partial charge in [-0.05, 0) is 94.0 Å². The van der Waals surface area contributed by atoms with Crippen LogP contribution in [0.4, 0.5) is 4.79 Å². The number of carbonyl (C=O) groups excluding carboxylic acids is 8. The summed E-state index contributed by atoms with van der Waals surface area (Å²) in [5, 5.41) is 28.2. The van der Waals surface area contributed by atoms with Crippen molar-refractivity contribution in [1.82, 2.24) is 36.8 Å². The predicted molar refractivity (Wildman–Crippen MR) is 424 cm³/mol. The molecule has 0 unspecified atom stereocenters. The first-order valence-corrected chi connectivity index (χ1v) is 40.0. The summed E-state index contributed by atoms with van der Waals surface area (Å²) in [6.45, 7) is 27.3. The van der Waals surface area contributed by atoms with Crippen LogP contribution in [0, 0.1) is 23.7 Å². The minimum atomic E-state index is -1.08. The maximum atomic E-state index is 14.3. The summed E-state index contributed by atoms with van der Waals surface area (Å²) in [6.07, 6.45) is 4.93. The van der Waals surface area contributed by atoms with Crippen molar-refractivity contribution in [3.05, 3.63) is 71.3 Å². The number of ether oxygens (including phenoxy) is 11. The third-order valence-corrected chi connectivity index (χ3v) is 19.9. The average Bonchev–Trinajstić information content (AvgIpc) is 1.69. The van der Waals surface area contributed by atoms with Crippen LogP contribution in [-0.4, -0.2) is 277 Å². The van der Waals surface area contributed by atoms with Crippen LogP contribution in [0.3, 0.4) is 0 Å². The van der Waals surface area contributed by atoms with Crippen molar-refractivity contribution in [3.8, 4) is 0 Å². The van der Waals surface area contributed by atoms with Crippen molar-refractivity contribution in [2.75, 3.05) is 190 Å². The van der Waals surface area contributed by atoms with Gasteiger partial charge >= 0.3 is 6.03 Å². The Morgan fingerprint density at radius 1 is 0.550 bits per heavy atom. The Kier molecular flexibility index (Phi) is 55.7. The highest BCUT2D eigenvalue weighted by Crippen LogP contribution is 2.33. The van der Waals surface area contributed by atoms with Crippen LogP contribution >= 0.6 is 11.8 Å². The number of benzene rings is 2. The summed E-state index contributed by atoms with van der Waals surface area (Å²) in [4.78, 5) is 109. The van der Waals surface area contributed by atoms with E-state index in [0.717, 1.165) is 62.2 Å². The molecule has 0 aliphatic carbocycles. The molecule has 28 heteroatoms. The predicted octanol–water partition coefficient (Wildman–Crippen LogP) is 7.52. The molecule has 0 aromatic heterocycles. The lowest BCUT2D eigenvalue weighted by molar-refractivity contribution is -0.135. The molecular formula is C81H139N7O20S. The molecule has 624 valence electrons. The van der Waals surface area contributed by atoms with E-state index in [4.69, 9.17) is 52.1 Å². The zero-order chi connectivity index (χ0) is 77.7. The Labute approximate surface area is 655 Å². The van der Waals surface area contributed by atoms with E-state index in [9.17, 15) is 43.5 Å². The number of ketones is 3. The van der Waals surface area contributed by atoms with Gasteiger partial charge in [-0.15, -0.1) is 0 Å². The highest BCUT2D eigenvalue weighted by Gasteiger charge is 2.42. The van der Waals surface area contributed by atoms with Gasteiger partial charge in [0, 0.05) is 67.2 Å². The molecule has 27 nitrogen and oxygen atoms in total. The van der Waals surface area contributed by atoms with Gasteiger partial charge in [0.2, 0.25) is 23.6 Å². The van der Waals surface area contributed by atoms with Gasteiger partial charge in [0.1, 0.15) is 0 Å². The number of aliphatic hydroxyl groups excluding tert-OH is 1. The SMILES string of the molecule is C.C.CCN(CC)CCCC[C@H](NC(=O)[C@@H](CC(=O)[C@H](C)NC(=O)[C@@H](CC(=O)c1ccc(C(C)(C)C)cc1)Cc1ccccc1)CC(C)C)C(=O)C[C@@H](CO)C(=O)NCCOCCOCCOCCOCCOCCOCCOCCOCCOCCOCCOCCNC(=O)CCCC[C@@H]1SC[C@@H]2NC(=O)N[C@@H]21. The summed E-state index contributed by atoms with van der Waals surface area (Å²) >= 11 is 1.89. The second-order valence-corrected chi connectivity index (χ2v) is 29.7. The zero-order valence-electron chi connectivity index (χ0n) is 65.4. The van der Waals surface area contributed by atoms with E-state index in [1.165, 1.54) is 0 Å². The number of fused-ring (bicyclic) bond motifs is 1. The van der Waals surface area contributed by atoms with Crippen LogP contribution in [0.15, 0.2) is 54.6 Å². The Morgan fingerprint density at radius 3 is 1.50 bits per heavy atom. The van der Waals surface area contributed by atoms with E-state index in [-0.39, 0.29) is 107 Å². The molecule has 6 amide bonds. The standard InChI is InChI=1S/C79H131N7O20S.2CH4/c1-9-86(10-2)29-17-16-20-67(83-77(94)63(52-59(3)4)54-69(88)60(5)82-76(93)64(53-61-18-12-11-13-19-61)55-70(89)62-23-25-66(26-24-62)79(6,7)8)71(90)56-65(57-87)75(92)81-28-31-97-33-35-99-37-39-101-41-43-103-45-47-105-49-51-106-50-48-104-46-44-102-42-40-100-38-36-98-34-32-96-30-27-80-73(91)22-15-14-21-72-74-68(58-107-72)84-78(95)85-74;;/h11-13,18-19,23-26,59-60,63-65,67-68,72,74,87H,9-10,14-17,20-22,27-58H2,1-8H3,(H,80,91)(H,81,92)(H,82,93)(H,83,94)(H2,84,85,95);2*1H4/t60-,63+,64+,65-,67-,68-,72-,74-;;/m0../s1. The van der Waals surface area contributed by atoms with E-state index >= 15 is 0 Å². The van der Waals surface area contributed by atoms with Crippen LogP contribution in [-0.2, 0) is 92.7 Å². The van der Waals surface area contributed by atoms with E-state index in [1.807, 2.05) is 68.1 Å². The molecule has 0 bridgehead atoms. The monoisotopic (exact) mass is 1560 g/mol. The van der Waals surface area contributed by atoms with Gasteiger partial charge in [-0.3, -0.25) is 33.6 Å². The molecule has 2 aliphatic heterocycles. The Morgan fingerprint density at radius 2 is 1.03 bits per heavy atom. The van der Waals surface area contributed by atoms with Crippen LogP contribution in [0.5, 0.6) is 0 Å². The second-order valence-electron chi connectivity index (χ2n) is 28.4. The molecule has 2 fully saturated rings. The fourth-order valence-electron chi connectivity index (χ4n) is 12.1. The van der Waals surface area contributed by atoms with Gasteiger partial charge in [-0.25, -0.2) is 4.79 Å². The van der Waals surface area contributed by atoms with Crippen LogP contribution in [0.1, 0.15) is 162 Å². The minimum absolute atomic E-state index is 0. The first kappa shape index (κ1) is 99.5. The van der Waals surface area contributed by atoms with Crippen molar-refractivity contribution in [2.45, 2.75) is 182 Å². The van der Waals surface area contributed by atoms with Gasteiger partial charge in [0.15, 0.2) is 17.3 Å². The molecule has 109 heavy (non-hydrogen) atoms.